The van der Waals surface area contributed by atoms with E-state index in [4.69, 9.17) is 5.26 Å². The molecule has 2 aromatic rings. The molecule has 1 aromatic heterocycles. The number of quaternary nitrogens is 1. The summed E-state index contributed by atoms with van der Waals surface area (Å²) < 4.78 is 25.4. The van der Waals surface area contributed by atoms with Crippen LogP contribution in [-0.4, -0.2) is 49.2 Å². The summed E-state index contributed by atoms with van der Waals surface area (Å²) in [5, 5.41) is 16.5. The molecule has 2 heterocycles. The molecule has 2 N–H and O–H groups in total. The van der Waals surface area contributed by atoms with Gasteiger partial charge in [0.1, 0.15) is 12.6 Å². The topological polar surface area (TPSA) is 109 Å². The lowest BCUT2D eigenvalue weighted by atomic mass is 10.1. The van der Waals surface area contributed by atoms with Crippen LogP contribution in [-0.2, 0) is 21.2 Å². The monoisotopic (exact) mass is 416 g/mol. The van der Waals surface area contributed by atoms with E-state index in [0.717, 1.165) is 21.9 Å². The number of amides is 1. The highest BCUT2D eigenvalue weighted by Gasteiger charge is 2.32. The molecular weight excluding hydrogens is 390 g/mol. The molecule has 0 radical (unpaired) electrons. The van der Waals surface area contributed by atoms with Crippen molar-refractivity contribution in [2.24, 2.45) is 0 Å². The zero-order valence-electron chi connectivity index (χ0n) is 16.9. The summed E-state index contributed by atoms with van der Waals surface area (Å²) >= 11 is 0. The van der Waals surface area contributed by atoms with Gasteiger partial charge in [-0.3, -0.25) is 9.48 Å². The normalized spacial score (nSPS) is 18.9. The number of carbonyl (C=O) groups is 1. The van der Waals surface area contributed by atoms with Gasteiger partial charge < -0.3 is 10.2 Å². The van der Waals surface area contributed by atoms with E-state index in [1.807, 2.05) is 25.6 Å². The predicted molar refractivity (Wildman–Crippen MR) is 109 cm³/mol. The molecule has 1 amide bonds. The van der Waals surface area contributed by atoms with Gasteiger partial charge in [0.2, 0.25) is 0 Å². The molecule has 1 fully saturated rings. The van der Waals surface area contributed by atoms with Crippen LogP contribution in [0.25, 0.3) is 0 Å². The number of likely N-dealkylation sites (N-methyl/N-ethyl adjacent to an activating group) is 1. The maximum Gasteiger partial charge on any atom is 0.279 e. The summed E-state index contributed by atoms with van der Waals surface area (Å²) in [6.07, 6.45) is 0.590. The van der Waals surface area contributed by atoms with Crippen LogP contribution < -0.4 is 10.2 Å². The second-order valence-corrected chi connectivity index (χ2v) is 9.90. The average Bonchev–Trinajstić information content (AvgIpc) is 3.15. The number of nitriles is 1. The first-order chi connectivity index (χ1) is 13.7. The molecule has 9 heteroatoms. The number of aromatic nitrogens is 2. The minimum Gasteiger partial charge on any atom is -0.326 e. The molecule has 154 valence electrons. The lowest BCUT2D eigenvalue weighted by Gasteiger charge is -2.15. The second kappa shape index (κ2) is 8.35. The quantitative estimate of drug-likeness (QED) is 0.708. The van der Waals surface area contributed by atoms with Crippen LogP contribution in [0.4, 0.5) is 5.69 Å². The van der Waals surface area contributed by atoms with Crippen molar-refractivity contribution in [3.8, 4) is 6.07 Å². The van der Waals surface area contributed by atoms with Crippen LogP contribution >= 0.6 is 0 Å². The van der Waals surface area contributed by atoms with Gasteiger partial charge in [0.25, 0.3) is 5.91 Å². The molecule has 1 aliphatic heterocycles. The Morgan fingerprint density at radius 3 is 2.76 bits per heavy atom. The van der Waals surface area contributed by atoms with E-state index in [0.29, 0.717) is 24.2 Å². The summed E-state index contributed by atoms with van der Waals surface area (Å²) in [6, 6.07) is 8.86. The number of benzene rings is 1. The van der Waals surface area contributed by atoms with Crippen LogP contribution in [0.5, 0.6) is 0 Å². The Kier molecular flexibility index (Phi) is 6.05. The fraction of sp³-hybridized carbons (Fsp3) is 0.450. The number of anilines is 1. The van der Waals surface area contributed by atoms with E-state index >= 15 is 0 Å². The third-order valence-electron chi connectivity index (χ3n) is 5.29. The number of nitrogens with zero attached hydrogens (tertiary/aromatic N) is 3. The third-order valence-corrected chi connectivity index (χ3v) is 7.04. The summed E-state index contributed by atoms with van der Waals surface area (Å²) in [5.41, 5.74) is 3.80. The van der Waals surface area contributed by atoms with Gasteiger partial charge in [-0.1, -0.05) is 12.1 Å². The van der Waals surface area contributed by atoms with Gasteiger partial charge in [0, 0.05) is 5.69 Å². The Balaban J connectivity index is 1.66. The van der Waals surface area contributed by atoms with E-state index in [1.54, 1.807) is 24.3 Å². The van der Waals surface area contributed by atoms with Crippen molar-refractivity contribution in [3.63, 3.8) is 0 Å². The van der Waals surface area contributed by atoms with Gasteiger partial charge in [0.05, 0.1) is 47.1 Å². The van der Waals surface area contributed by atoms with Gasteiger partial charge in [0.15, 0.2) is 16.4 Å². The average molecular weight is 417 g/mol. The fourth-order valence-electron chi connectivity index (χ4n) is 3.80. The molecule has 1 unspecified atom stereocenters. The Hall–Kier alpha value is -2.70. The Bertz CT molecular complexity index is 1070. The van der Waals surface area contributed by atoms with Gasteiger partial charge >= 0.3 is 0 Å². The first kappa shape index (κ1) is 21.0. The van der Waals surface area contributed by atoms with Crippen molar-refractivity contribution in [3.05, 3.63) is 46.8 Å². The fourth-order valence-corrected chi connectivity index (χ4v) is 5.49. The van der Waals surface area contributed by atoms with E-state index in [-0.39, 0.29) is 30.0 Å². The number of carbonyl (C=O) groups excluding carboxylic acids is 1. The Morgan fingerprint density at radius 1 is 1.38 bits per heavy atom. The molecule has 2 atom stereocenters. The Labute approximate surface area is 171 Å². The number of rotatable bonds is 6. The van der Waals surface area contributed by atoms with Crippen molar-refractivity contribution >= 4 is 21.4 Å². The van der Waals surface area contributed by atoms with Crippen LogP contribution in [0.1, 0.15) is 35.0 Å². The number of hydrogen-bond acceptors (Lipinski definition) is 5. The standard InChI is InChI=1S/C20H25N5O3S/c1-14-18(15(2)25(23-14)17-8-9-29(27,28)13-17)11-24(3)12-20(26)22-19-7-5-4-6-16(19)10-21/h4-7,17H,8-9,11-13H2,1-3H3,(H,22,26)/p+1/t17-/m0/s1. The maximum absolute atomic E-state index is 12.4. The van der Waals surface area contributed by atoms with Crippen LogP contribution in [0.3, 0.4) is 0 Å². The van der Waals surface area contributed by atoms with Crippen molar-refractivity contribution in [2.75, 3.05) is 30.4 Å². The molecule has 29 heavy (non-hydrogen) atoms. The second-order valence-electron chi connectivity index (χ2n) is 7.67. The van der Waals surface area contributed by atoms with E-state index in [2.05, 4.69) is 16.5 Å². The lowest BCUT2D eigenvalue weighted by molar-refractivity contribution is -0.885. The van der Waals surface area contributed by atoms with Crippen LogP contribution in [0.2, 0.25) is 0 Å². The zero-order valence-corrected chi connectivity index (χ0v) is 17.7. The van der Waals surface area contributed by atoms with Gasteiger partial charge in [-0.25, -0.2) is 8.42 Å². The van der Waals surface area contributed by atoms with Crippen molar-refractivity contribution < 1.29 is 18.1 Å². The van der Waals surface area contributed by atoms with Crippen molar-refractivity contribution in [2.45, 2.75) is 32.9 Å². The highest BCUT2D eigenvalue weighted by atomic mass is 32.2. The SMILES string of the molecule is Cc1nn([C@H]2CCS(=O)(=O)C2)c(C)c1C[NH+](C)CC(=O)Nc1ccccc1C#N. The highest BCUT2D eigenvalue weighted by molar-refractivity contribution is 7.91. The van der Waals surface area contributed by atoms with E-state index < -0.39 is 9.84 Å². The smallest absolute Gasteiger partial charge is 0.279 e. The van der Waals surface area contributed by atoms with E-state index in [9.17, 15) is 13.2 Å². The summed E-state index contributed by atoms with van der Waals surface area (Å²) in [7, 11) is -1.06. The summed E-state index contributed by atoms with van der Waals surface area (Å²) in [5.74, 6) is 0.174. The zero-order chi connectivity index (χ0) is 21.2. The highest BCUT2D eigenvalue weighted by Crippen LogP contribution is 2.26. The summed E-state index contributed by atoms with van der Waals surface area (Å²) in [6.45, 7) is 4.71. The van der Waals surface area contributed by atoms with Crippen molar-refractivity contribution in [1.82, 2.24) is 9.78 Å². The minimum absolute atomic E-state index is 0.112. The number of nitrogens with one attached hydrogen (secondary N) is 2. The first-order valence-electron chi connectivity index (χ1n) is 9.55. The predicted octanol–water partition coefficient (Wildman–Crippen LogP) is 0.385. The summed E-state index contributed by atoms with van der Waals surface area (Å²) in [4.78, 5) is 13.4. The molecule has 0 spiro atoms. The minimum atomic E-state index is -2.98. The number of hydrogen-bond donors (Lipinski definition) is 2. The molecule has 1 aliphatic rings. The van der Waals surface area contributed by atoms with E-state index in [1.165, 1.54) is 0 Å². The van der Waals surface area contributed by atoms with Crippen LogP contribution in [0, 0.1) is 25.2 Å². The molecular formula is C20H26N5O3S+. The van der Waals surface area contributed by atoms with Crippen LogP contribution in [0.15, 0.2) is 24.3 Å². The van der Waals surface area contributed by atoms with Gasteiger partial charge in [-0.2, -0.15) is 10.4 Å². The molecule has 1 saturated heterocycles. The third kappa shape index (κ3) is 4.83. The number of sulfone groups is 1. The lowest BCUT2D eigenvalue weighted by Crippen LogP contribution is -3.08. The van der Waals surface area contributed by atoms with Gasteiger partial charge in [-0.15, -0.1) is 0 Å². The molecule has 0 bridgehead atoms. The van der Waals surface area contributed by atoms with Crippen molar-refractivity contribution in [1.29, 1.82) is 5.26 Å². The maximum atomic E-state index is 12.4. The molecule has 0 saturated carbocycles. The van der Waals surface area contributed by atoms with Gasteiger partial charge in [-0.05, 0) is 32.4 Å². The number of para-hydroxylation sites is 1. The Morgan fingerprint density at radius 2 is 2.10 bits per heavy atom. The molecule has 8 nitrogen and oxygen atoms in total. The molecule has 3 rings (SSSR count). The largest absolute Gasteiger partial charge is 0.326 e. The molecule has 1 aromatic carbocycles. The first-order valence-corrected chi connectivity index (χ1v) is 11.4. The number of aryl methyl sites for hydroxylation is 1. The molecule has 0 aliphatic carbocycles.